The Morgan fingerprint density at radius 2 is 1.93 bits per heavy atom. The fourth-order valence-corrected chi connectivity index (χ4v) is 4.94. The lowest BCUT2D eigenvalue weighted by atomic mass is 9.96. The lowest BCUT2D eigenvalue weighted by Gasteiger charge is -2.37. The van der Waals surface area contributed by atoms with Crippen molar-refractivity contribution >= 4 is 11.7 Å². The van der Waals surface area contributed by atoms with Crippen molar-refractivity contribution in [1.82, 2.24) is 14.8 Å². The van der Waals surface area contributed by atoms with Crippen LogP contribution in [0.15, 0.2) is 42.6 Å². The average Bonchev–Trinajstić information content (AvgIpc) is 3.16. The van der Waals surface area contributed by atoms with E-state index in [0.29, 0.717) is 24.9 Å². The van der Waals surface area contributed by atoms with Crippen molar-refractivity contribution in [3.8, 4) is 5.75 Å². The second-order valence-corrected chi connectivity index (χ2v) is 8.27. The average molecular weight is 409 g/mol. The van der Waals surface area contributed by atoms with E-state index in [1.54, 1.807) is 7.11 Å². The molecule has 6 nitrogen and oxygen atoms in total. The number of nitrogens with zero attached hydrogens (tertiary/aromatic N) is 3. The number of hydrogen-bond acceptors (Lipinski definition) is 5. The van der Waals surface area contributed by atoms with Gasteiger partial charge in [0.15, 0.2) is 0 Å². The van der Waals surface area contributed by atoms with Crippen LogP contribution in [-0.4, -0.2) is 53.5 Å². The summed E-state index contributed by atoms with van der Waals surface area (Å²) in [4.78, 5) is 22.2. The Morgan fingerprint density at radius 3 is 2.70 bits per heavy atom. The van der Waals surface area contributed by atoms with Crippen molar-refractivity contribution in [2.24, 2.45) is 0 Å². The number of aromatic nitrogens is 1. The Hall–Kier alpha value is -2.60. The quantitative estimate of drug-likeness (QED) is 0.790. The van der Waals surface area contributed by atoms with Crippen LogP contribution in [0.5, 0.6) is 5.75 Å². The van der Waals surface area contributed by atoms with Crippen molar-refractivity contribution in [3.05, 3.63) is 53.7 Å². The Balaban J connectivity index is 1.53. The van der Waals surface area contributed by atoms with Crippen LogP contribution in [0.25, 0.3) is 0 Å². The minimum atomic E-state index is 0.273. The summed E-state index contributed by atoms with van der Waals surface area (Å²) in [5.74, 6) is 2.08. The number of carbonyl (C=O) groups is 1. The van der Waals surface area contributed by atoms with E-state index in [1.165, 1.54) is 5.56 Å². The third-order valence-electron chi connectivity index (χ3n) is 6.50. The highest BCUT2D eigenvalue weighted by atomic mass is 16.5. The molecule has 0 bridgehead atoms. The van der Waals surface area contributed by atoms with Gasteiger partial charge in [-0.1, -0.05) is 24.6 Å². The summed E-state index contributed by atoms with van der Waals surface area (Å²) in [7, 11) is 3.60. The molecule has 2 aliphatic rings. The van der Waals surface area contributed by atoms with Gasteiger partial charge in [0.05, 0.1) is 7.11 Å². The van der Waals surface area contributed by atoms with Crippen molar-refractivity contribution in [2.75, 3.05) is 26.0 Å². The van der Waals surface area contributed by atoms with E-state index in [0.717, 1.165) is 55.9 Å². The van der Waals surface area contributed by atoms with Crippen LogP contribution in [0.2, 0.25) is 0 Å². The number of rotatable bonds is 6. The molecule has 6 heteroatoms. The summed E-state index contributed by atoms with van der Waals surface area (Å²) < 4.78 is 5.28. The standard InChI is InChI=1S/C24H32N4O2/c1-25-24-19(6-5-14-26-24)17-27-15-13-22-21(27)7-3-4-8-23(29)28(22)16-18-9-11-20(30-2)12-10-18/h5-6,9-12,14,21-22H,3-4,7-8,13,15-17H2,1-2H3,(H,25,26)/t21-,22+/m1/s1. The van der Waals surface area contributed by atoms with E-state index in [2.05, 4.69) is 38.3 Å². The van der Waals surface area contributed by atoms with Gasteiger partial charge in [-0.2, -0.15) is 0 Å². The predicted octanol–water partition coefficient (Wildman–Crippen LogP) is 3.68. The number of methoxy groups -OCH3 is 1. The van der Waals surface area contributed by atoms with Crippen LogP contribution in [0.3, 0.4) is 0 Å². The van der Waals surface area contributed by atoms with E-state index in [4.69, 9.17) is 4.74 Å². The number of ether oxygens (including phenoxy) is 1. The molecule has 2 fully saturated rings. The molecule has 0 unspecified atom stereocenters. The lowest BCUT2D eigenvalue weighted by Crippen LogP contribution is -2.48. The summed E-state index contributed by atoms with van der Waals surface area (Å²) in [6.07, 6.45) is 6.75. The molecule has 0 radical (unpaired) electrons. The fourth-order valence-electron chi connectivity index (χ4n) is 4.94. The summed E-state index contributed by atoms with van der Waals surface area (Å²) in [6, 6.07) is 12.9. The molecule has 4 rings (SSSR count). The number of fused-ring (bicyclic) bond motifs is 1. The molecular weight excluding hydrogens is 376 g/mol. The number of amides is 1. The first kappa shape index (κ1) is 20.7. The first-order valence-electron chi connectivity index (χ1n) is 11.0. The van der Waals surface area contributed by atoms with Gasteiger partial charge in [0.2, 0.25) is 5.91 Å². The molecule has 160 valence electrons. The van der Waals surface area contributed by atoms with Gasteiger partial charge in [0, 0.05) is 56.9 Å². The molecule has 0 spiro atoms. The number of hydrogen-bond donors (Lipinski definition) is 1. The van der Waals surface area contributed by atoms with Gasteiger partial charge in [-0.3, -0.25) is 9.69 Å². The smallest absolute Gasteiger partial charge is 0.223 e. The second kappa shape index (κ2) is 9.47. The van der Waals surface area contributed by atoms with Gasteiger partial charge in [-0.15, -0.1) is 0 Å². The molecule has 0 aliphatic carbocycles. The van der Waals surface area contributed by atoms with E-state index >= 15 is 0 Å². The van der Waals surface area contributed by atoms with Crippen LogP contribution in [0.1, 0.15) is 43.2 Å². The van der Waals surface area contributed by atoms with E-state index < -0.39 is 0 Å². The highest BCUT2D eigenvalue weighted by molar-refractivity contribution is 5.76. The van der Waals surface area contributed by atoms with Gasteiger partial charge in [-0.05, 0) is 43.0 Å². The number of anilines is 1. The number of carbonyl (C=O) groups excluding carboxylic acids is 1. The Labute approximate surface area is 179 Å². The molecule has 3 heterocycles. The van der Waals surface area contributed by atoms with Crippen LogP contribution >= 0.6 is 0 Å². The predicted molar refractivity (Wildman–Crippen MR) is 118 cm³/mol. The normalized spacial score (nSPS) is 22.3. The van der Waals surface area contributed by atoms with Crippen molar-refractivity contribution in [1.29, 1.82) is 0 Å². The lowest BCUT2D eigenvalue weighted by molar-refractivity contribution is -0.135. The van der Waals surface area contributed by atoms with Gasteiger partial charge in [0.25, 0.3) is 0 Å². The zero-order chi connectivity index (χ0) is 20.9. The first-order chi connectivity index (χ1) is 14.7. The van der Waals surface area contributed by atoms with Crippen LogP contribution in [0, 0.1) is 0 Å². The summed E-state index contributed by atoms with van der Waals surface area (Å²) in [5, 5.41) is 3.21. The zero-order valence-electron chi connectivity index (χ0n) is 18.0. The molecule has 1 aromatic carbocycles. The molecule has 30 heavy (non-hydrogen) atoms. The van der Waals surface area contributed by atoms with Crippen molar-refractivity contribution in [3.63, 3.8) is 0 Å². The highest BCUT2D eigenvalue weighted by Crippen LogP contribution is 2.33. The second-order valence-electron chi connectivity index (χ2n) is 8.27. The Kier molecular flexibility index (Phi) is 6.53. The van der Waals surface area contributed by atoms with Crippen molar-refractivity contribution < 1.29 is 9.53 Å². The maximum Gasteiger partial charge on any atom is 0.223 e. The summed E-state index contributed by atoms with van der Waals surface area (Å²) >= 11 is 0. The van der Waals surface area contributed by atoms with Gasteiger partial charge < -0.3 is 15.0 Å². The van der Waals surface area contributed by atoms with Gasteiger partial charge >= 0.3 is 0 Å². The third-order valence-corrected chi connectivity index (χ3v) is 6.50. The topological polar surface area (TPSA) is 57.7 Å². The van der Waals surface area contributed by atoms with Crippen LogP contribution in [0.4, 0.5) is 5.82 Å². The van der Waals surface area contributed by atoms with E-state index in [-0.39, 0.29) is 6.04 Å². The maximum atomic E-state index is 13.1. The molecular formula is C24H32N4O2. The number of likely N-dealkylation sites (tertiary alicyclic amines) is 2. The van der Waals surface area contributed by atoms with Crippen LogP contribution in [-0.2, 0) is 17.9 Å². The first-order valence-corrected chi connectivity index (χ1v) is 11.0. The highest BCUT2D eigenvalue weighted by Gasteiger charge is 2.40. The molecule has 2 aromatic rings. The zero-order valence-corrected chi connectivity index (χ0v) is 18.0. The van der Waals surface area contributed by atoms with E-state index in [9.17, 15) is 4.79 Å². The molecule has 2 aliphatic heterocycles. The van der Waals surface area contributed by atoms with Gasteiger partial charge in [-0.25, -0.2) is 4.98 Å². The summed E-state index contributed by atoms with van der Waals surface area (Å²) in [6.45, 7) is 2.56. The molecule has 1 N–H and O–H groups in total. The molecule has 2 saturated heterocycles. The fraction of sp³-hybridized carbons (Fsp3) is 0.500. The van der Waals surface area contributed by atoms with E-state index in [1.807, 2.05) is 31.4 Å². The molecule has 1 aromatic heterocycles. The van der Waals surface area contributed by atoms with Crippen LogP contribution < -0.4 is 10.1 Å². The Bertz CT molecular complexity index is 855. The monoisotopic (exact) mass is 408 g/mol. The molecule has 0 saturated carbocycles. The molecule has 2 atom stereocenters. The SMILES string of the molecule is CNc1ncccc1CN1CC[C@H]2[C@H]1CCCCC(=O)N2Cc1ccc(OC)cc1. The van der Waals surface area contributed by atoms with Crippen molar-refractivity contribution in [2.45, 2.75) is 57.3 Å². The number of pyridine rings is 1. The summed E-state index contributed by atoms with van der Waals surface area (Å²) in [5.41, 5.74) is 2.38. The van der Waals surface area contributed by atoms with Gasteiger partial charge in [0.1, 0.15) is 11.6 Å². The molecule has 1 amide bonds. The maximum absolute atomic E-state index is 13.1. The third kappa shape index (κ3) is 4.43. The number of nitrogens with one attached hydrogen (secondary N) is 1. The minimum absolute atomic E-state index is 0.273. The number of benzene rings is 1. The Morgan fingerprint density at radius 1 is 1.10 bits per heavy atom. The minimum Gasteiger partial charge on any atom is -0.497 e. The largest absolute Gasteiger partial charge is 0.497 e.